The third-order valence-electron chi connectivity index (χ3n) is 13.5. The summed E-state index contributed by atoms with van der Waals surface area (Å²) in [6.07, 6.45) is 1.88. The number of pyridine rings is 1. The average Bonchev–Trinajstić information content (AvgIpc) is 4.00. The molecule has 0 fully saturated rings. The molecular weight excluding hydrogens is 996 g/mol. The first-order valence-electron chi connectivity index (χ1n) is 27.5. The number of fused-ring (bicyclic) bond motifs is 4. The van der Waals surface area contributed by atoms with Gasteiger partial charge in [0.1, 0.15) is 5.82 Å². The van der Waals surface area contributed by atoms with E-state index in [1.165, 1.54) is 5.56 Å². The minimum Gasteiger partial charge on any atom is -0.493 e. The molecule has 4 nitrogen and oxygen atoms in total. The van der Waals surface area contributed by atoms with E-state index in [9.17, 15) is 5.48 Å². The molecule has 0 radical (unpaired) electrons. The van der Waals surface area contributed by atoms with E-state index in [0.29, 0.717) is 33.8 Å². The topological polar surface area (TPSA) is 24.3 Å². The maximum absolute atomic E-state index is 9.35. The molecule has 3 heterocycles. The molecule has 0 spiro atoms. The number of hydrogen-bond donors (Lipinski definition) is 0. The van der Waals surface area contributed by atoms with Crippen LogP contribution in [0.5, 0.6) is 0 Å². The van der Waals surface area contributed by atoms with Crippen molar-refractivity contribution in [1.82, 2.24) is 9.55 Å². The van der Waals surface area contributed by atoms with Crippen molar-refractivity contribution in [1.29, 1.82) is 0 Å². The third-order valence-corrected chi connectivity index (χ3v) is 13.5. The number of para-hydroxylation sites is 3. The summed E-state index contributed by atoms with van der Waals surface area (Å²) in [4.78, 5) is 8.81. The second-order valence-electron chi connectivity index (χ2n) is 20.0. The van der Waals surface area contributed by atoms with Crippen molar-refractivity contribution in [2.24, 2.45) is 0 Å². The van der Waals surface area contributed by atoms with Gasteiger partial charge in [0.05, 0.1) is 13.7 Å². The molecule has 1 aliphatic heterocycles. The minimum absolute atomic E-state index is 0. The Kier molecular flexibility index (Phi) is 8.95. The smallest absolute Gasteiger partial charge is 0.135 e. The second-order valence-corrected chi connectivity index (χ2v) is 20.0. The summed E-state index contributed by atoms with van der Waals surface area (Å²) >= 11 is 0. The Morgan fingerprint density at radius 3 is 1.76 bits per heavy atom. The molecule has 0 N–H and O–H groups in total. The molecule has 5 heteroatoms. The largest absolute Gasteiger partial charge is 0.493 e. The van der Waals surface area contributed by atoms with E-state index in [1.54, 1.807) is 0 Å². The molecule has 0 bridgehead atoms. The van der Waals surface area contributed by atoms with E-state index >= 15 is 0 Å². The summed E-state index contributed by atoms with van der Waals surface area (Å²) < 4.78 is 92.0. The molecule has 67 heavy (non-hydrogen) atoms. The molecule has 0 saturated carbocycles. The van der Waals surface area contributed by atoms with Crippen LogP contribution in [0.2, 0.25) is 0 Å². The van der Waals surface area contributed by atoms with Gasteiger partial charge in [0.25, 0.3) is 0 Å². The van der Waals surface area contributed by atoms with E-state index in [4.69, 9.17) is 13.2 Å². The average molecular weight is 1070 g/mol. The maximum Gasteiger partial charge on any atom is 0.135 e. The molecule has 1 aliphatic rings. The molecule has 0 aliphatic carbocycles. The predicted octanol–water partition coefficient (Wildman–Crippen LogP) is 16.4. The van der Waals surface area contributed by atoms with Gasteiger partial charge in [-0.3, -0.25) is 0 Å². The zero-order valence-electron chi connectivity index (χ0n) is 49.8. The van der Waals surface area contributed by atoms with Gasteiger partial charge in [0.2, 0.25) is 0 Å². The zero-order chi connectivity index (χ0) is 55.0. The summed E-state index contributed by atoms with van der Waals surface area (Å²) in [5.41, 5.74) is 9.46. The molecule has 2 aromatic heterocycles. The molecular formula is C62H59N4Pt-3. The molecule has 10 rings (SSSR count). The van der Waals surface area contributed by atoms with Crippen molar-refractivity contribution in [2.75, 3.05) is 9.80 Å². The number of hydrogen-bond acceptors (Lipinski definition) is 3. The van der Waals surface area contributed by atoms with Gasteiger partial charge in [-0.25, -0.2) is 4.98 Å². The number of anilines is 4. The van der Waals surface area contributed by atoms with Crippen molar-refractivity contribution in [3.8, 4) is 28.1 Å². The van der Waals surface area contributed by atoms with Gasteiger partial charge in [-0.05, 0) is 106 Å². The van der Waals surface area contributed by atoms with E-state index in [-0.39, 0.29) is 54.1 Å². The quantitative estimate of drug-likeness (QED) is 0.149. The molecule has 7 aromatic carbocycles. The molecule has 0 amide bonds. The van der Waals surface area contributed by atoms with E-state index in [2.05, 4.69) is 127 Å². The van der Waals surface area contributed by atoms with Gasteiger partial charge in [-0.2, -0.15) is 47.0 Å². The Hall–Kier alpha value is -6.22. The van der Waals surface area contributed by atoms with Crippen LogP contribution in [0.4, 0.5) is 22.7 Å². The van der Waals surface area contributed by atoms with Crippen LogP contribution in [-0.2, 0) is 37.3 Å². The van der Waals surface area contributed by atoms with Crippen LogP contribution in [0.15, 0.2) is 152 Å². The summed E-state index contributed by atoms with van der Waals surface area (Å²) in [6, 6.07) is 31.8. The Morgan fingerprint density at radius 2 is 1.15 bits per heavy atom. The van der Waals surface area contributed by atoms with Gasteiger partial charge >= 0.3 is 0 Å². The second kappa shape index (κ2) is 17.1. The number of aromatic nitrogens is 2. The normalized spacial score (nSPS) is 15.1. The maximum atomic E-state index is 9.35. The number of rotatable bonds is 7. The minimum atomic E-state index is -0.682. The Morgan fingerprint density at radius 1 is 0.567 bits per heavy atom. The van der Waals surface area contributed by atoms with Crippen LogP contribution in [-0.4, -0.2) is 9.55 Å². The summed E-state index contributed by atoms with van der Waals surface area (Å²) in [5.74, 6) is 0.810. The van der Waals surface area contributed by atoms with Crippen LogP contribution < -0.4 is 9.80 Å². The first kappa shape index (κ1) is 35.0. The van der Waals surface area contributed by atoms with Gasteiger partial charge in [-0.1, -0.05) is 152 Å². The van der Waals surface area contributed by atoms with Crippen LogP contribution in [0.3, 0.4) is 0 Å². The Bertz CT molecular complexity index is 3770. The van der Waals surface area contributed by atoms with Gasteiger partial charge in [-0.15, -0.1) is 23.8 Å². The van der Waals surface area contributed by atoms with Crippen LogP contribution in [0.25, 0.3) is 49.9 Å². The zero-order valence-corrected chi connectivity index (χ0v) is 42.1. The first-order chi connectivity index (χ1) is 35.7. The fourth-order valence-corrected chi connectivity index (χ4v) is 9.32. The van der Waals surface area contributed by atoms with Crippen molar-refractivity contribution in [3.05, 3.63) is 209 Å². The number of benzene rings is 7. The predicted molar refractivity (Wildman–Crippen MR) is 279 cm³/mol. The first-order valence-corrected chi connectivity index (χ1v) is 22.5. The SMILES string of the molecule is [2H]c1c([2H])c([2H])c(-c2c(C)c(C)c(C)c(-c3c([2H])c([2H])c([2H])c([2H])c3[2H])c2N2[CH-]N(c3[c-]c(C(C)(C)c4[c-]c5c(cc4)c4ccccc4n5-c4cc(C(C)(C)C)ccn4)cc(C(C)(C)C)c3)c3ccccc32)c([2H])c1[2H].[Pt]. The van der Waals surface area contributed by atoms with Crippen molar-refractivity contribution in [3.63, 3.8) is 0 Å². The fraction of sp³-hybridized carbons (Fsp3) is 0.226. The molecule has 0 unspecified atom stereocenters. The van der Waals surface area contributed by atoms with Crippen molar-refractivity contribution in [2.45, 2.75) is 92.4 Å². The Balaban J connectivity index is 0.00000722. The standard InChI is InChI=1S/C62H59N4.Pt/c1-40-41(2)57(43-22-14-12-15-23-43)59(58(42(40)3)44-24-16-13-17-25-44)65-39-64(53-28-20-21-29-54(53)65)49-35-47(61(7,8)9)34-48(36-49)62(10,11)46-30-31-51-50-26-18-19-27-52(50)66(55(51)37-46)56-38-45(32-33-63-56)60(4,5)6;/h12-35,38-39H,1-11H3;/q-3;/i12D,13D,14D,15D,16D,17D,22D,23D,24D,25D;. The molecule has 9 aromatic rings. The monoisotopic (exact) mass is 1060 g/mol. The number of nitrogens with zero attached hydrogens (tertiary/aromatic N) is 4. The molecule has 0 saturated heterocycles. The third kappa shape index (κ3) is 7.92. The van der Waals surface area contributed by atoms with E-state index in [0.717, 1.165) is 50.0 Å². The molecule has 0 atom stereocenters. The van der Waals surface area contributed by atoms with Gasteiger partial charge in [0, 0.05) is 61.0 Å². The van der Waals surface area contributed by atoms with Gasteiger partial charge in [0.15, 0.2) is 0 Å². The van der Waals surface area contributed by atoms with Crippen molar-refractivity contribution < 1.29 is 34.8 Å². The summed E-state index contributed by atoms with van der Waals surface area (Å²) in [5, 5.41) is 2.16. The summed E-state index contributed by atoms with van der Waals surface area (Å²) in [7, 11) is 0. The fourth-order valence-electron chi connectivity index (χ4n) is 9.32. The van der Waals surface area contributed by atoms with Crippen LogP contribution >= 0.6 is 0 Å². The van der Waals surface area contributed by atoms with Crippen LogP contribution in [0.1, 0.15) is 108 Å². The Labute approximate surface area is 426 Å². The van der Waals surface area contributed by atoms with Crippen molar-refractivity contribution >= 4 is 44.6 Å². The van der Waals surface area contributed by atoms with E-state index in [1.807, 2.05) is 73.8 Å². The van der Waals surface area contributed by atoms with Crippen LogP contribution in [0, 0.1) is 39.6 Å². The summed E-state index contributed by atoms with van der Waals surface area (Å²) in [6.45, 7) is 24.8. The van der Waals surface area contributed by atoms with E-state index < -0.39 is 65.8 Å². The molecule has 340 valence electrons. The van der Waals surface area contributed by atoms with Gasteiger partial charge < -0.3 is 14.4 Å².